The van der Waals surface area contributed by atoms with Crippen LogP contribution in [0.3, 0.4) is 0 Å². The van der Waals surface area contributed by atoms with Gasteiger partial charge in [-0.25, -0.2) is 4.79 Å². The molecular weight excluding hydrogens is 547 g/mol. The number of halogens is 5. The highest BCUT2D eigenvalue weighted by Crippen LogP contribution is 2.50. The molecule has 0 saturated heterocycles. The second-order valence-corrected chi connectivity index (χ2v) is 11.4. The number of nitrogens with one attached hydrogen (secondary N) is 1. The van der Waals surface area contributed by atoms with Gasteiger partial charge in [0.1, 0.15) is 12.2 Å². The first-order valence-corrected chi connectivity index (χ1v) is 13.4. The average Bonchev–Trinajstić information content (AvgIpc) is 3.45. The van der Waals surface area contributed by atoms with Crippen LogP contribution in [0.5, 0.6) is 0 Å². The van der Waals surface area contributed by atoms with E-state index in [1.165, 1.54) is 23.3 Å². The number of imidazole rings is 1. The van der Waals surface area contributed by atoms with Gasteiger partial charge in [-0.1, -0.05) is 12.1 Å². The lowest BCUT2D eigenvalue weighted by atomic mass is 9.62. The molecule has 0 bridgehead atoms. The van der Waals surface area contributed by atoms with E-state index >= 15 is 0 Å². The summed E-state index contributed by atoms with van der Waals surface area (Å²) in [5, 5.41) is 11.5. The number of pyridine rings is 1. The largest absolute Gasteiger partial charge is 0.418 e. The van der Waals surface area contributed by atoms with E-state index in [2.05, 4.69) is 15.5 Å². The number of rotatable bonds is 8. The molecule has 1 aromatic carbocycles. The molecule has 0 aliphatic heterocycles. The zero-order chi connectivity index (χ0) is 29.2. The van der Waals surface area contributed by atoms with Crippen LogP contribution in [0.25, 0.3) is 11.2 Å². The normalized spacial score (nSPS) is 22.2. The molecule has 0 spiro atoms. The molecular formula is C28H29F5N6O2. The van der Waals surface area contributed by atoms with Crippen molar-refractivity contribution < 1.29 is 26.7 Å². The van der Waals surface area contributed by atoms with Gasteiger partial charge in [0, 0.05) is 31.5 Å². The number of benzene rings is 1. The lowest BCUT2D eigenvalue weighted by Crippen LogP contribution is -2.49. The third-order valence-corrected chi connectivity index (χ3v) is 8.57. The summed E-state index contributed by atoms with van der Waals surface area (Å²) >= 11 is 0. The maximum atomic E-state index is 14.2. The highest BCUT2D eigenvalue weighted by molar-refractivity contribution is 5.58. The summed E-state index contributed by atoms with van der Waals surface area (Å²) in [6.45, 7) is -0.687. The van der Waals surface area contributed by atoms with E-state index in [0.29, 0.717) is 22.6 Å². The van der Waals surface area contributed by atoms with Crippen molar-refractivity contribution in [2.75, 3.05) is 0 Å². The second-order valence-electron chi connectivity index (χ2n) is 11.4. The molecule has 2 saturated carbocycles. The lowest BCUT2D eigenvalue weighted by Gasteiger charge is -2.46. The van der Waals surface area contributed by atoms with E-state index in [1.807, 2.05) is 6.92 Å². The molecule has 0 radical (unpaired) electrons. The summed E-state index contributed by atoms with van der Waals surface area (Å²) < 4.78 is 76.9. The zero-order valence-corrected chi connectivity index (χ0v) is 22.5. The van der Waals surface area contributed by atoms with E-state index in [0.717, 1.165) is 29.7 Å². The zero-order valence-electron chi connectivity index (χ0n) is 22.5. The van der Waals surface area contributed by atoms with Crippen molar-refractivity contribution >= 4 is 5.52 Å². The second kappa shape index (κ2) is 9.76. The number of fused-ring (bicyclic) bond motifs is 1. The molecule has 0 unspecified atom stereocenters. The maximum Gasteiger partial charge on any atom is 0.418 e. The van der Waals surface area contributed by atoms with Crippen molar-refractivity contribution in [1.82, 2.24) is 29.0 Å². The Labute approximate surface area is 231 Å². The Morgan fingerprint density at radius 3 is 2.54 bits per heavy atom. The minimum absolute atomic E-state index is 0.121. The fourth-order valence-electron chi connectivity index (χ4n) is 6.13. The number of nitrogens with zero attached hydrogens (tertiary/aromatic N) is 5. The third kappa shape index (κ3) is 4.84. The summed E-state index contributed by atoms with van der Waals surface area (Å²) in [4.78, 5) is 13.5. The molecule has 3 heterocycles. The number of hydrogen-bond acceptors (Lipinski definition) is 5. The van der Waals surface area contributed by atoms with Gasteiger partial charge in [0.05, 0.1) is 28.3 Å². The number of hydrogen-bond donors (Lipinski definition) is 1. The summed E-state index contributed by atoms with van der Waals surface area (Å²) in [7, 11) is 1.74. The lowest BCUT2D eigenvalue weighted by molar-refractivity contribution is -0.192. The summed E-state index contributed by atoms with van der Waals surface area (Å²) in [6, 6.07) is 7.85. The summed E-state index contributed by atoms with van der Waals surface area (Å²) in [5.74, 6) is 0.537. The van der Waals surface area contributed by atoms with E-state index in [4.69, 9.17) is 4.74 Å². The molecule has 6 rings (SSSR count). The van der Waals surface area contributed by atoms with Gasteiger partial charge in [-0.2, -0.15) is 22.0 Å². The number of aromatic nitrogens is 5. The Balaban J connectivity index is 1.41. The monoisotopic (exact) mass is 576 g/mol. The first-order valence-electron chi connectivity index (χ1n) is 13.4. The van der Waals surface area contributed by atoms with Crippen LogP contribution < -0.4 is 11.0 Å². The molecule has 2 fully saturated rings. The predicted octanol–water partition coefficient (Wildman–Crippen LogP) is 4.96. The fraction of sp³-hybridized carbons (Fsp3) is 0.464. The average molecular weight is 577 g/mol. The molecule has 2 aliphatic rings. The Hall–Kier alpha value is -3.58. The van der Waals surface area contributed by atoms with Crippen molar-refractivity contribution in [3.05, 3.63) is 82.1 Å². The van der Waals surface area contributed by atoms with Gasteiger partial charge in [-0.15, -0.1) is 10.2 Å². The molecule has 4 aromatic rings. The van der Waals surface area contributed by atoms with Crippen LogP contribution in [0.15, 0.2) is 53.8 Å². The molecule has 8 nitrogen and oxygen atoms in total. The first-order chi connectivity index (χ1) is 19.4. The van der Waals surface area contributed by atoms with Crippen molar-refractivity contribution in [3.63, 3.8) is 0 Å². The van der Waals surface area contributed by atoms with E-state index in [9.17, 15) is 26.7 Å². The molecule has 1 N–H and O–H groups in total. The Bertz CT molecular complexity index is 1650. The summed E-state index contributed by atoms with van der Waals surface area (Å²) in [5.41, 5.74) is -1.40. The molecule has 41 heavy (non-hydrogen) atoms. The Kier molecular flexibility index (Phi) is 6.57. The van der Waals surface area contributed by atoms with Crippen molar-refractivity contribution in [2.45, 2.75) is 75.4 Å². The Morgan fingerprint density at radius 1 is 1.17 bits per heavy atom. The smallest absolute Gasteiger partial charge is 0.320 e. The minimum atomic E-state index is -4.68. The van der Waals surface area contributed by atoms with Crippen LogP contribution in [-0.4, -0.2) is 42.0 Å². The summed E-state index contributed by atoms with van der Waals surface area (Å²) in [6.07, 6.45) is 2.11. The molecule has 0 amide bonds. The van der Waals surface area contributed by atoms with E-state index in [1.54, 1.807) is 35.9 Å². The fourth-order valence-corrected chi connectivity index (χ4v) is 6.13. The van der Waals surface area contributed by atoms with E-state index < -0.39 is 35.6 Å². The van der Waals surface area contributed by atoms with Crippen molar-refractivity contribution in [1.29, 1.82) is 0 Å². The van der Waals surface area contributed by atoms with Crippen molar-refractivity contribution in [3.8, 4) is 5.69 Å². The number of aryl methyl sites for hydroxylation is 1. The molecule has 3 aromatic heterocycles. The van der Waals surface area contributed by atoms with Crippen LogP contribution in [-0.2, 0) is 29.9 Å². The van der Waals surface area contributed by atoms with Crippen LogP contribution in [0.1, 0.15) is 61.5 Å². The SMILES string of the molecule is Cn1cnnc1[C@]1(c2cccc(-n3cc4c(C(F)(F)F)cc(CNC5(C)CCC5)cn4c3=O)c2)C[C@@H](OC(F)F)C1. The number of ether oxygens (including phenoxy) is 1. The quantitative estimate of drug-likeness (QED) is 0.300. The number of alkyl halides is 5. The van der Waals surface area contributed by atoms with Crippen LogP contribution in [0.4, 0.5) is 22.0 Å². The third-order valence-electron chi connectivity index (χ3n) is 8.57. The van der Waals surface area contributed by atoms with Gasteiger partial charge in [0.15, 0.2) is 0 Å². The van der Waals surface area contributed by atoms with Gasteiger partial charge in [-0.05, 0) is 68.4 Å². The highest BCUT2D eigenvalue weighted by atomic mass is 19.4. The maximum absolute atomic E-state index is 14.2. The van der Waals surface area contributed by atoms with Crippen LogP contribution >= 0.6 is 0 Å². The topological polar surface area (TPSA) is 78.4 Å². The highest BCUT2D eigenvalue weighted by Gasteiger charge is 2.51. The Morgan fingerprint density at radius 2 is 1.93 bits per heavy atom. The molecule has 218 valence electrons. The van der Waals surface area contributed by atoms with Gasteiger partial charge < -0.3 is 14.6 Å². The van der Waals surface area contributed by atoms with Gasteiger partial charge in [-0.3, -0.25) is 8.97 Å². The van der Waals surface area contributed by atoms with E-state index in [-0.39, 0.29) is 30.4 Å². The van der Waals surface area contributed by atoms with Gasteiger partial charge in [0.2, 0.25) is 0 Å². The van der Waals surface area contributed by atoms with Gasteiger partial charge >= 0.3 is 18.5 Å². The van der Waals surface area contributed by atoms with Crippen LogP contribution in [0, 0.1) is 0 Å². The molecule has 2 aliphatic carbocycles. The standard InChI is InChI=1S/C28H29F5N6O2/c1-26(7-4-8-26)34-13-17-9-21(28(31,32)33)22-15-38(25(40)39(22)14-17)19-6-3-5-18(10-19)27(23-36-35-16-37(23)2)11-20(12-27)41-24(29)30/h3,5-6,9-10,14-16,20,24,34H,4,7-8,11-13H2,1-2H3/t20-,27-. The van der Waals surface area contributed by atoms with Crippen molar-refractivity contribution in [2.24, 2.45) is 7.05 Å². The van der Waals surface area contributed by atoms with Gasteiger partial charge in [0.25, 0.3) is 0 Å². The molecule has 13 heteroatoms. The first kappa shape index (κ1) is 27.6. The predicted molar refractivity (Wildman–Crippen MR) is 139 cm³/mol. The minimum Gasteiger partial charge on any atom is -0.320 e. The van der Waals surface area contributed by atoms with Crippen LogP contribution in [0.2, 0.25) is 0 Å². The molecule has 0 atom stereocenters.